The number of nitrogens with zero attached hydrogens (tertiary/aromatic N) is 2. The van der Waals surface area contributed by atoms with Gasteiger partial charge in [0.15, 0.2) is 5.76 Å². The normalized spacial score (nSPS) is 19.7. The Morgan fingerprint density at radius 2 is 2.25 bits per heavy atom. The van der Waals surface area contributed by atoms with Crippen molar-refractivity contribution in [2.24, 2.45) is 0 Å². The first-order valence-corrected chi connectivity index (χ1v) is 7.81. The summed E-state index contributed by atoms with van der Waals surface area (Å²) < 4.78 is 5.17. The summed E-state index contributed by atoms with van der Waals surface area (Å²) in [7, 11) is 0. The van der Waals surface area contributed by atoms with E-state index in [4.69, 9.17) is 4.42 Å². The zero-order chi connectivity index (χ0) is 13.5. The van der Waals surface area contributed by atoms with Crippen LogP contribution < -0.4 is 0 Å². The number of hydrogen-bond donors (Lipinski definition) is 0. The van der Waals surface area contributed by atoms with Gasteiger partial charge in [-0.2, -0.15) is 0 Å². The Hall–Kier alpha value is -1.59. The number of thiophene rings is 1. The first-order valence-electron chi connectivity index (χ1n) is 6.93. The Bertz CT molecular complexity index is 614. The fraction of sp³-hybridized carbons (Fsp3) is 0.400. The quantitative estimate of drug-likeness (QED) is 0.850. The molecule has 0 atom stereocenters. The van der Waals surface area contributed by atoms with Crippen molar-refractivity contribution in [1.82, 2.24) is 9.80 Å². The molecule has 2 aliphatic rings. The second-order valence-electron chi connectivity index (χ2n) is 5.43. The summed E-state index contributed by atoms with van der Waals surface area (Å²) in [6, 6.07) is 6.22. The summed E-state index contributed by atoms with van der Waals surface area (Å²) in [5.74, 6) is 0.460. The van der Waals surface area contributed by atoms with Crippen LogP contribution in [0.3, 0.4) is 0 Å². The van der Waals surface area contributed by atoms with Crippen LogP contribution in [0.1, 0.15) is 21.0 Å². The van der Waals surface area contributed by atoms with Crippen LogP contribution in [0, 0.1) is 0 Å². The fourth-order valence-electron chi connectivity index (χ4n) is 2.99. The molecule has 4 rings (SSSR count). The highest BCUT2D eigenvalue weighted by Gasteiger charge is 2.37. The van der Waals surface area contributed by atoms with Crippen LogP contribution in [0.25, 0.3) is 0 Å². The number of furan rings is 1. The minimum absolute atomic E-state index is 0.0134. The van der Waals surface area contributed by atoms with Crippen LogP contribution in [0.4, 0.5) is 0 Å². The molecule has 0 spiro atoms. The van der Waals surface area contributed by atoms with Crippen molar-refractivity contribution >= 4 is 17.2 Å². The number of amides is 1. The Morgan fingerprint density at radius 3 is 3.05 bits per heavy atom. The molecule has 1 amide bonds. The lowest BCUT2D eigenvalue weighted by Gasteiger charge is -2.46. The van der Waals surface area contributed by atoms with Gasteiger partial charge in [0.05, 0.1) is 6.26 Å². The van der Waals surface area contributed by atoms with E-state index in [1.807, 2.05) is 16.2 Å². The van der Waals surface area contributed by atoms with Gasteiger partial charge in [-0.1, -0.05) is 0 Å². The van der Waals surface area contributed by atoms with Gasteiger partial charge in [-0.05, 0) is 35.6 Å². The summed E-state index contributed by atoms with van der Waals surface area (Å²) >= 11 is 1.86. The lowest BCUT2D eigenvalue weighted by Crippen LogP contribution is -2.61. The van der Waals surface area contributed by atoms with Crippen molar-refractivity contribution in [2.45, 2.75) is 19.0 Å². The van der Waals surface area contributed by atoms with Crippen molar-refractivity contribution in [1.29, 1.82) is 0 Å². The molecule has 20 heavy (non-hydrogen) atoms. The number of rotatable bonds is 2. The molecule has 2 aliphatic heterocycles. The van der Waals surface area contributed by atoms with Crippen LogP contribution in [-0.4, -0.2) is 41.4 Å². The van der Waals surface area contributed by atoms with Crippen LogP contribution >= 0.6 is 11.3 Å². The van der Waals surface area contributed by atoms with Gasteiger partial charge in [-0.25, -0.2) is 0 Å². The molecule has 2 aromatic heterocycles. The van der Waals surface area contributed by atoms with E-state index < -0.39 is 0 Å². The summed E-state index contributed by atoms with van der Waals surface area (Å²) in [6.07, 6.45) is 2.70. The molecule has 0 saturated carbocycles. The van der Waals surface area contributed by atoms with E-state index >= 15 is 0 Å². The summed E-state index contributed by atoms with van der Waals surface area (Å²) in [4.78, 5) is 18.0. The molecule has 0 aromatic carbocycles. The Morgan fingerprint density at radius 1 is 1.35 bits per heavy atom. The van der Waals surface area contributed by atoms with Crippen molar-refractivity contribution < 1.29 is 9.21 Å². The first-order chi connectivity index (χ1) is 9.81. The van der Waals surface area contributed by atoms with Crippen molar-refractivity contribution in [3.05, 3.63) is 46.0 Å². The molecule has 4 nitrogen and oxygen atoms in total. The Balaban J connectivity index is 1.37. The summed E-state index contributed by atoms with van der Waals surface area (Å²) in [5, 5.41) is 2.18. The predicted octanol–water partition coefficient (Wildman–Crippen LogP) is 2.22. The molecule has 4 heterocycles. The first kappa shape index (κ1) is 12.2. The van der Waals surface area contributed by atoms with Crippen molar-refractivity contribution in [3.8, 4) is 0 Å². The Labute approximate surface area is 121 Å². The second kappa shape index (κ2) is 4.75. The molecule has 0 unspecified atom stereocenters. The molecule has 104 valence electrons. The minimum atomic E-state index is 0.0134. The molecule has 1 fully saturated rings. The molecular weight excluding hydrogens is 272 g/mol. The molecule has 0 N–H and O–H groups in total. The number of fused-ring (bicyclic) bond motifs is 1. The maximum atomic E-state index is 12.1. The third-order valence-corrected chi connectivity index (χ3v) is 5.26. The fourth-order valence-corrected chi connectivity index (χ4v) is 3.88. The smallest absolute Gasteiger partial charge is 0.289 e. The Kier molecular flexibility index (Phi) is 2.89. The van der Waals surface area contributed by atoms with Gasteiger partial charge in [0.1, 0.15) is 0 Å². The third kappa shape index (κ3) is 1.98. The monoisotopic (exact) mass is 288 g/mol. The molecule has 1 saturated heterocycles. The van der Waals surface area contributed by atoms with E-state index in [1.54, 1.807) is 18.4 Å². The molecular formula is C15H16N2O2S. The van der Waals surface area contributed by atoms with Crippen LogP contribution in [0.15, 0.2) is 34.3 Å². The van der Waals surface area contributed by atoms with E-state index in [9.17, 15) is 4.79 Å². The average Bonchev–Trinajstić information content (AvgIpc) is 3.07. The second-order valence-corrected chi connectivity index (χ2v) is 6.43. The summed E-state index contributed by atoms with van der Waals surface area (Å²) in [5.41, 5.74) is 1.47. The van der Waals surface area contributed by atoms with E-state index in [1.165, 1.54) is 10.4 Å². The van der Waals surface area contributed by atoms with Crippen molar-refractivity contribution in [2.75, 3.05) is 19.6 Å². The zero-order valence-corrected chi connectivity index (χ0v) is 11.9. The largest absolute Gasteiger partial charge is 0.459 e. The number of hydrogen-bond acceptors (Lipinski definition) is 4. The maximum Gasteiger partial charge on any atom is 0.289 e. The van der Waals surface area contributed by atoms with Crippen molar-refractivity contribution in [3.63, 3.8) is 0 Å². The van der Waals surface area contributed by atoms with Gasteiger partial charge in [-0.3, -0.25) is 9.69 Å². The van der Waals surface area contributed by atoms with Gasteiger partial charge in [0.25, 0.3) is 5.91 Å². The van der Waals surface area contributed by atoms with Gasteiger partial charge < -0.3 is 9.32 Å². The maximum absolute atomic E-state index is 12.1. The van der Waals surface area contributed by atoms with E-state index in [0.29, 0.717) is 11.8 Å². The molecule has 0 aliphatic carbocycles. The van der Waals surface area contributed by atoms with E-state index in [-0.39, 0.29) is 5.91 Å². The van der Waals surface area contributed by atoms with E-state index in [0.717, 1.165) is 32.6 Å². The topological polar surface area (TPSA) is 36.7 Å². The van der Waals surface area contributed by atoms with Gasteiger partial charge in [0, 0.05) is 37.1 Å². The lowest BCUT2D eigenvalue weighted by atomic mass is 10.0. The van der Waals surface area contributed by atoms with Gasteiger partial charge in [-0.15, -0.1) is 11.3 Å². The number of likely N-dealkylation sites (tertiary alicyclic amines) is 1. The average molecular weight is 288 g/mol. The standard InChI is InChI=1S/C15H16N2O2S/c18-15(13-2-1-6-19-13)17-9-12(10-17)16-5-3-14-11(8-16)4-7-20-14/h1-2,4,6-7,12H,3,5,8-10H2. The van der Waals surface area contributed by atoms with Gasteiger partial charge in [0.2, 0.25) is 0 Å². The van der Waals surface area contributed by atoms with Crippen LogP contribution in [-0.2, 0) is 13.0 Å². The molecule has 0 bridgehead atoms. The highest BCUT2D eigenvalue weighted by molar-refractivity contribution is 7.10. The van der Waals surface area contributed by atoms with Crippen LogP contribution in [0.2, 0.25) is 0 Å². The molecule has 2 aromatic rings. The third-order valence-electron chi connectivity index (χ3n) is 4.24. The van der Waals surface area contributed by atoms with Crippen LogP contribution in [0.5, 0.6) is 0 Å². The van der Waals surface area contributed by atoms with Gasteiger partial charge >= 0.3 is 0 Å². The van der Waals surface area contributed by atoms with E-state index in [2.05, 4.69) is 16.3 Å². The lowest BCUT2D eigenvalue weighted by molar-refractivity contribution is 0.0198. The molecule has 0 radical (unpaired) electrons. The predicted molar refractivity (Wildman–Crippen MR) is 76.8 cm³/mol. The SMILES string of the molecule is O=C(c1ccco1)N1CC(N2CCc3sccc3C2)C1. The minimum Gasteiger partial charge on any atom is -0.459 e. The molecule has 5 heteroatoms. The summed E-state index contributed by atoms with van der Waals surface area (Å²) in [6.45, 7) is 3.78. The zero-order valence-electron chi connectivity index (χ0n) is 11.1. The highest BCUT2D eigenvalue weighted by atomic mass is 32.1. The highest BCUT2D eigenvalue weighted by Crippen LogP contribution is 2.28. The number of carbonyl (C=O) groups excluding carboxylic acids is 1. The number of carbonyl (C=O) groups is 1.